The lowest BCUT2D eigenvalue weighted by atomic mass is 9.81. The first-order chi connectivity index (χ1) is 12.8. The van der Waals surface area contributed by atoms with Gasteiger partial charge in [0, 0.05) is 9.65 Å². The van der Waals surface area contributed by atoms with Gasteiger partial charge in [0.05, 0.1) is 17.9 Å². The molecule has 1 N–H and O–H groups in total. The summed E-state index contributed by atoms with van der Waals surface area (Å²) in [5.74, 6) is -0.933. The molecule has 1 heterocycles. The van der Waals surface area contributed by atoms with Crippen LogP contribution in [0.25, 0.3) is 0 Å². The van der Waals surface area contributed by atoms with Crippen molar-refractivity contribution >= 4 is 49.6 Å². The number of likely N-dealkylation sites (tertiary alicyclic amines) is 1. The molecule has 144 valence electrons. The third-order valence-corrected chi connectivity index (χ3v) is 9.65. The Hall–Kier alpha value is -1.21. The van der Waals surface area contributed by atoms with Crippen molar-refractivity contribution in [2.45, 2.75) is 42.0 Å². The Labute approximate surface area is 175 Å². The van der Waals surface area contributed by atoms with E-state index in [-0.39, 0.29) is 57.1 Å². The Balaban J connectivity index is 1.49. The van der Waals surface area contributed by atoms with E-state index in [0.717, 1.165) is 12.0 Å². The average molecular weight is 498 g/mol. The predicted molar refractivity (Wildman–Crippen MR) is 108 cm³/mol. The topological polar surface area (TPSA) is 66.5 Å². The number of benzene rings is 1. The summed E-state index contributed by atoms with van der Waals surface area (Å²) in [5.41, 5.74) is 0.983. The fourth-order valence-electron chi connectivity index (χ4n) is 5.03. The van der Waals surface area contributed by atoms with Gasteiger partial charge >= 0.3 is 0 Å². The van der Waals surface area contributed by atoms with Gasteiger partial charge in [0.15, 0.2) is 0 Å². The minimum atomic E-state index is -0.802. The monoisotopic (exact) mass is 496 g/mol. The van der Waals surface area contributed by atoms with Crippen LogP contribution in [0.4, 0.5) is 0 Å². The predicted octanol–water partition coefficient (Wildman–Crippen LogP) is 3.03. The SMILES string of the molecule is C[C@H](NC(=O)[C@H](C)N1C(=O)[C@@H]2[C@@H]3C[C@H]([C@H](Br)[C@@H]3Br)[C@@H]2C1=O)c1ccccc1. The minimum Gasteiger partial charge on any atom is -0.348 e. The molecule has 0 radical (unpaired) electrons. The molecule has 2 saturated carbocycles. The van der Waals surface area contributed by atoms with Gasteiger partial charge in [-0.2, -0.15) is 0 Å². The first-order valence-electron chi connectivity index (χ1n) is 9.33. The molecule has 2 aliphatic carbocycles. The summed E-state index contributed by atoms with van der Waals surface area (Å²) >= 11 is 7.36. The van der Waals surface area contributed by atoms with Gasteiger partial charge in [0.2, 0.25) is 17.7 Å². The maximum atomic E-state index is 13.0. The molecule has 8 atom stereocenters. The number of alkyl halides is 2. The molecule has 1 saturated heterocycles. The Morgan fingerprint density at radius 1 is 1.04 bits per heavy atom. The van der Waals surface area contributed by atoms with Crippen molar-refractivity contribution in [1.29, 1.82) is 0 Å². The number of amides is 3. The van der Waals surface area contributed by atoms with Gasteiger partial charge in [-0.15, -0.1) is 0 Å². The van der Waals surface area contributed by atoms with Crippen LogP contribution in [0.1, 0.15) is 31.9 Å². The number of halogens is 2. The molecule has 4 rings (SSSR count). The van der Waals surface area contributed by atoms with Gasteiger partial charge in [-0.1, -0.05) is 62.2 Å². The number of nitrogens with one attached hydrogen (secondary N) is 1. The van der Waals surface area contributed by atoms with Crippen LogP contribution in [0.2, 0.25) is 0 Å². The zero-order valence-electron chi connectivity index (χ0n) is 15.1. The van der Waals surface area contributed by atoms with Crippen LogP contribution in [-0.4, -0.2) is 38.3 Å². The summed E-state index contributed by atoms with van der Waals surface area (Å²) in [6, 6.07) is 8.64. The zero-order valence-corrected chi connectivity index (χ0v) is 18.3. The van der Waals surface area contributed by atoms with E-state index in [1.54, 1.807) is 6.92 Å². The molecule has 0 spiro atoms. The Kier molecular flexibility index (Phi) is 4.95. The average Bonchev–Trinajstić information content (AvgIpc) is 3.26. The standard InChI is InChI=1S/C20H22Br2N2O3/c1-9(11-6-4-3-5-7-11)23-18(25)10(2)24-19(26)14-12-8-13(15(14)20(24)27)17(22)16(12)21/h3-7,9-10,12-17H,8H2,1-2H3,(H,23,25)/t9-,10-,12-,13-,14-,15+,16-,17+/m0/s1. The quantitative estimate of drug-likeness (QED) is 0.513. The van der Waals surface area contributed by atoms with Crippen molar-refractivity contribution in [2.24, 2.45) is 23.7 Å². The third-order valence-electron chi connectivity index (χ3n) is 6.45. The molecule has 0 unspecified atom stereocenters. The largest absolute Gasteiger partial charge is 0.348 e. The normalized spacial score (nSPS) is 36.7. The van der Waals surface area contributed by atoms with E-state index in [0.29, 0.717) is 0 Å². The lowest BCUT2D eigenvalue weighted by Crippen LogP contribution is -2.49. The third kappa shape index (κ3) is 2.89. The van der Waals surface area contributed by atoms with Crippen LogP contribution < -0.4 is 5.32 Å². The van der Waals surface area contributed by atoms with E-state index in [1.165, 1.54) is 4.90 Å². The molecule has 7 heteroatoms. The molecule has 5 nitrogen and oxygen atoms in total. The van der Waals surface area contributed by atoms with Crippen LogP contribution in [-0.2, 0) is 14.4 Å². The van der Waals surface area contributed by atoms with Gasteiger partial charge < -0.3 is 5.32 Å². The fourth-order valence-corrected chi connectivity index (χ4v) is 6.90. The Bertz CT molecular complexity index is 755. The lowest BCUT2D eigenvalue weighted by molar-refractivity contribution is -0.148. The highest BCUT2D eigenvalue weighted by molar-refractivity contribution is 9.12. The highest BCUT2D eigenvalue weighted by Crippen LogP contribution is 2.60. The number of rotatable bonds is 4. The van der Waals surface area contributed by atoms with E-state index in [1.807, 2.05) is 37.3 Å². The maximum Gasteiger partial charge on any atom is 0.243 e. The van der Waals surface area contributed by atoms with Crippen LogP contribution in [0.15, 0.2) is 30.3 Å². The summed E-state index contributed by atoms with van der Waals surface area (Å²) in [6.45, 7) is 3.54. The van der Waals surface area contributed by atoms with E-state index in [2.05, 4.69) is 37.2 Å². The van der Waals surface area contributed by atoms with Gasteiger partial charge in [-0.25, -0.2) is 0 Å². The molecule has 1 aromatic rings. The molecule has 2 bridgehead atoms. The second-order valence-corrected chi connectivity index (χ2v) is 9.98. The fraction of sp³-hybridized carbons (Fsp3) is 0.550. The summed E-state index contributed by atoms with van der Waals surface area (Å²) in [6.07, 6.45) is 0.887. The molecule has 1 aliphatic heterocycles. The minimum absolute atomic E-state index is 0.157. The number of carbonyl (C=O) groups is 3. The first kappa shape index (κ1) is 19.1. The summed E-state index contributed by atoms with van der Waals surface area (Å²) in [5, 5.41) is 2.93. The van der Waals surface area contributed by atoms with Crippen molar-refractivity contribution in [1.82, 2.24) is 10.2 Å². The van der Waals surface area contributed by atoms with Crippen molar-refractivity contribution < 1.29 is 14.4 Å². The molecule has 3 fully saturated rings. The van der Waals surface area contributed by atoms with Gasteiger partial charge in [-0.3, -0.25) is 19.3 Å². The van der Waals surface area contributed by atoms with Crippen LogP contribution in [0, 0.1) is 23.7 Å². The summed E-state index contributed by atoms with van der Waals surface area (Å²) in [7, 11) is 0. The number of nitrogens with zero attached hydrogens (tertiary/aromatic N) is 1. The number of carbonyl (C=O) groups excluding carboxylic acids is 3. The highest BCUT2D eigenvalue weighted by Gasteiger charge is 2.67. The van der Waals surface area contributed by atoms with Gasteiger partial charge in [-0.05, 0) is 37.7 Å². The first-order valence-corrected chi connectivity index (χ1v) is 11.2. The van der Waals surface area contributed by atoms with E-state index in [9.17, 15) is 14.4 Å². The van der Waals surface area contributed by atoms with Crippen LogP contribution in [0.3, 0.4) is 0 Å². The zero-order chi connectivity index (χ0) is 19.5. The number of hydrogen-bond acceptors (Lipinski definition) is 3. The van der Waals surface area contributed by atoms with E-state index < -0.39 is 6.04 Å². The van der Waals surface area contributed by atoms with Crippen molar-refractivity contribution in [3.8, 4) is 0 Å². The van der Waals surface area contributed by atoms with Gasteiger partial charge in [0.25, 0.3) is 0 Å². The molecule has 0 aromatic heterocycles. The molecule has 27 heavy (non-hydrogen) atoms. The lowest BCUT2D eigenvalue weighted by Gasteiger charge is -2.28. The summed E-state index contributed by atoms with van der Waals surface area (Å²) in [4.78, 5) is 40.4. The Morgan fingerprint density at radius 2 is 1.56 bits per heavy atom. The molecular weight excluding hydrogens is 476 g/mol. The van der Waals surface area contributed by atoms with Crippen molar-refractivity contribution in [3.63, 3.8) is 0 Å². The number of hydrogen-bond donors (Lipinski definition) is 1. The van der Waals surface area contributed by atoms with Crippen LogP contribution >= 0.6 is 31.9 Å². The second kappa shape index (κ2) is 6.99. The van der Waals surface area contributed by atoms with Crippen molar-refractivity contribution in [3.05, 3.63) is 35.9 Å². The van der Waals surface area contributed by atoms with E-state index >= 15 is 0 Å². The second-order valence-electron chi connectivity index (χ2n) is 7.87. The number of fused-ring (bicyclic) bond motifs is 5. The van der Waals surface area contributed by atoms with E-state index in [4.69, 9.17) is 0 Å². The number of imide groups is 1. The molecular formula is C20H22Br2N2O3. The van der Waals surface area contributed by atoms with Crippen LogP contribution in [0.5, 0.6) is 0 Å². The van der Waals surface area contributed by atoms with Crippen molar-refractivity contribution in [2.75, 3.05) is 0 Å². The summed E-state index contributed by atoms with van der Waals surface area (Å²) < 4.78 is 0. The smallest absolute Gasteiger partial charge is 0.243 e. The molecule has 3 aliphatic rings. The molecule has 3 amide bonds. The maximum absolute atomic E-state index is 13.0. The Morgan fingerprint density at radius 3 is 2.07 bits per heavy atom. The van der Waals surface area contributed by atoms with Gasteiger partial charge in [0.1, 0.15) is 6.04 Å². The molecule has 1 aromatic carbocycles. The highest BCUT2D eigenvalue weighted by atomic mass is 79.9.